The normalized spacial score (nSPS) is 29.0. The van der Waals surface area contributed by atoms with Gasteiger partial charge in [-0.2, -0.15) is 0 Å². The summed E-state index contributed by atoms with van der Waals surface area (Å²) < 4.78 is 59.5. The van der Waals surface area contributed by atoms with E-state index in [9.17, 15) is 14.4 Å². The molecule has 36 heavy (non-hydrogen) atoms. The third kappa shape index (κ3) is 4.85. The number of nitrogens with zero attached hydrogens (tertiary/aromatic N) is 2. The van der Waals surface area contributed by atoms with Crippen molar-refractivity contribution in [3.63, 3.8) is 0 Å². The van der Waals surface area contributed by atoms with E-state index in [0.29, 0.717) is 36.3 Å². The molecule has 2 saturated heterocycles. The van der Waals surface area contributed by atoms with Gasteiger partial charge in [-0.05, 0) is 32.4 Å². The molecule has 0 spiro atoms. The van der Waals surface area contributed by atoms with Gasteiger partial charge in [-0.25, -0.2) is 4.39 Å². The Morgan fingerprint density at radius 3 is 2.61 bits per heavy atom. The molecule has 2 aromatic carbocycles. The van der Waals surface area contributed by atoms with E-state index in [1.54, 1.807) is 30.3 Å². The Bertz CT molecular complexity index is 1360. The third-order valence-corrected chi connectivity index (χ3v) is 6.50. The van der Waals surface area contributed by atoms with E-state index in [4.69, 9.17) is 15.0 Å². The Morgan fingerprint density at radius 2 is 1.83 bits per heavy atom. The molecule has 0 aliphatic carbocycles. The predicted molar refractivity (Wildman–Crippen MR) is 129 cm³/mol. The van der Waals surface area contributed by atoms with E-state index in [1.165, 1.54) is 6.07 Å². The van der Waals surface area contributed by atoms with Crippen molar-refractivity contribution >= 4 is 17.7 Å². The van der Waals surface area contributed by atoms with Crippen molar-refractivity contribution in [3.8, 4) is 5.75 Å². The maximum atomic E-state index is 15.4. The van der Waals surface area contributed by atoms with Gasteiger partial charge in [0, 0.05) is 53.7 Å². The molecule has 3 amide bonds. The predicted octanol–water partition coefficient (Wildman–Crippen LogP) is 2.77. The lowest BCUT2D eigenvalue weighted by molar-refractivity contribution is -0.136. The molecule has 3 heterocycles. The minimum absolute atomic E-state index is 0.0508. The molecule has 9 heteroatoms. The molecule has 3 atom stereocenters. The van der Waals surface area contributed by atoms with Crippen LogP contribution in [0.25, 0.3) is 0 Å². The number of amides is 3. The molecule has 1 N–H and O–H groups in total. The quantitative estimate of drug-likeness (QED) is 0.615. The fourth-order valence-corrected chi connectivity index (χ4v) is 4.98. The van der Waals surface area contributed by atoms with Crippen molar-refractivity contribution < 1.29 is 33.7 Å². The number of ether oxygens (including phenoxy) is 2. The number of benzene rings is 2. The van der Waals surface area contributed by atoms with Crippen molar-refractivity contribution in [3.05, 3.63) is 64.5 Å². The van der Waals surface area contributed by atoms with Crippen molar-refractivity contribution in [1.82, 2.24) is 15.1 Å². The molecular formula is C27H30FN3O5. The number of hydrogen-bond donors (Lipinski definition) is 1. The molecule has 0 radical (unpaired) electrons. The summed E-state index contributed by atoms with van der Waals surface area (Å²) in [4.78, 5) is 40.9. The summed E-state index contributed by atoms with van der Waals surface area (Å²) >= 11 is 0. The van der Waals surface area contributed by atoms with Crippen LogP contribution in [0.4, 0.5) is 4.39 Å². The van der Waals surface area contributed by atoms with Crippen LogP contribution in [-0.2, 0) is 34.0 Å². The molecule has 8 nitrogen and oxygen atoms in total. The lowest BCUT2D eigenvalue weighted by Crippen LogP contribution is -2.52. The molecule has 0 saturated carbocycles. The van der Waals surface area contributed by atoms with Crippen LogP contribution in [0.5, 0.6) is 5.75 Å². The lowest BCUT2D eigenvalue weighted by Gasteiger charge is -2.35. The molecule has 3 aliphatic heterocycles. The number of hydrogen-bond acceptors (Lipinski definition) is 6. The summed E-state index contributed by atoms with van der Waals surface area (Å²) in [6, 6.07) is 7.86. The van der Waals surface area contributed by atoms with Gasteiger partial charge in [0.15, 0.2) is 0 Å². The summed E-state index contributed by atoms with van der Waals surface area (Å²) in [5.74, 6) is -3.33. The number of rotatable bonds is 6. The van der Waals surface area contributed by atoms with Crippen LogP contribution in [-0.4, -0.2) is 58.9 Å². The largest absolute Gasteiger partial charge is 0.488 e. The molecule has 2 aromatic rings. The van der Waals surface area contributed by atoms with Crippen LogP contribution in [0, 0.1) is 5.82 Å². The highest BCUT2D eigenvalue weighted by molar-refractivity contribution is 6.05. The van der Waals surface area contributed by atoms with Gasteiger partial charge in [-0.3, -0.25) is 24.6 Å². The first-order valence-corrected chi connectivity index (χ1v) is 11.9. The van der Waals surface area contributed by atoms with Gasteiger partial charge < -0.3 is 14.4 Å². The van der Waals surface area contributed by atoms with Crippen LogP contribution < -0.4 is 10.1 Å². The molecule has 190 valence electrons. The Kier molecular flexibility index (Phi) is 5.50. The Morgan fingerprint density at radius 1 is 1.11 bits per heavy atom. The second kappa shape index (κ2) is 9.99. The van der Waals surface area contributed by atoms with Crippen molar-refractivity contribution in [2.24, 2.45) is 0 Å². The first kappa shape index (κ1) is 19.8. The maximum absolute atomic E-state index is 15.4. The highest BCUT2D eigenvalue weighted by atomic mass is 19.1. The Hall–Kier alpha value is -3.30. The zero-order valence-corrected chi connectivity index (χ0v) is 20.0. The number of imide groups is 1. The fourth-order valence-electron chi connectivity index (χ4n) is 4.98. The van der Waals surface area contributed by atoms with E-state index in [1.807, 2.05) is 19.2 Å². The van der Waals surface area contributed by atoms with E-state index in [0.717, 1.165) is 4.90 Å². The van der Waals surface area contributed by atoms with Crippen molar-refractivity contribution in [1.29, 1.82) is 0 Å². The molecule has 0 bridgehead atoms. The standard InChI is InChI=1S/C27H30FN3O5/c1-16-11-30(12-17(2)36-16)13-18-5-3-6-19(25(18)28)15-35-23-8-4-7-20-21(23)14-31(27(20)34)22-9-10-24(32)29-26(22)33/h3-8,16-17,22H,9-15H2,1-2H3,(H,29,32,33)/i9D2,10D2. The van der Waals surface area contributed by atoms with Gasteiger partial charge in [0.25, 0.3) is 5.91 Å². The third-order valence-electron chi connectivity index (χ3n) is 6.50. The Labute approximate surface area is 215 Å². The highest BCUT2D eigenvalue weighted by Gasteiger charge is 2.40. The highest BCUT2D eigenvalue weighted by Crippen LogP contribution is 2.34. The first-order valence-electron chi connectivity index (χ1n) is 13.9. The molecule has 0 aromatic heterocycles. The number of halogens is 1. The lowest BCUT2D eigenvalue weighted by atomic mass is 10.0. The smallest absolute Gasteiger partial charge is 0.255 e. The van der Waals surface area contributed by atoms with Gasteiger partial charge in [-0.1, -0.05) is 24.3 Å². The molecule has 5 rings (SSSR count). The average molecular weight is 500 g/mol. The van der Waals surface area contributed by atoms with Crippen molar-refractivity contribution in [2.45, 2.75) is 64.5 Å². The summed E-state index contributed by atoms with van der Waals surface area (Å²) in [5, 5.41) is 1.84. The van der Waals surface area contributed by atoms with Crippen LogP contribution in [0.3, 0.4) is 0 Å². The number of morpholine rings is 1. The monoisotopic (exact) mass is 499 g/mol. The van der Waals surface area contributed by atoms with E-state index >= 15 is 4.39 Å². The number of carbonyl (C=O) groups is 3. The van der Waals surface area contributed by atoms with Crippen LogP contribution in [0.1, 0.15) is 59.1 Å². The second-order valence-electron chi connectivity index (χ2n) is 9.34. The number of nitrogens with one attached hydrogen (secondary N) is 1. The summed E-state index contributed by atoms with van der Waals surface area (Å²) in [7, 11) is 0. The van der Waals surface area contributed by atoms with E-state index < -0.39 is 42.3 Å². The minimum Gasteiger partial charge on any atom is -0.488 e. The van der Waals surface area contributed by atoms with Crippen LogP contribution in [0.15, 0.2) is 36.4 Å². The molecule has 2 fully saturated rings. The van der Waals surface area contributed by atoms with Gasteiger partial charge in [0.2, 0.25) is 11.8 Å². The number of fused-ring (bicyclic) bond motifs is 1. The molecule has 3 unspecified atom stereocenters. The van der Waals surface area contributed by atoms with Crippen LogP contribution in [0.2, 0.25) is 0 Å². The first-order chi connectivity index (χ1) is 18.8. The second-order valence-corrected chi connectivity index (χ2v) is 9.34. The Balaban J connectivity index is 1.34. The molecular weight excluding hydrogens is 465 g/mol. The SMILES string of the molecule is [2H]C1([2H])C(=O)NC(=O)C(N2Cc3c(OCc4cccc(CN5CC(C)OC(C)C5)c4F)cccc3C2=O)C1([2H])[2H]. The summed E-state index contributed by atoms with van der Waals surface area (Å²) in [6.07, 6.45) is -5.92. The van der Waals surface area contributed by atoms with Gasteiger partial charge in [-0.15, -0.1) is 0 Å². The van der Waals surface area contributed by atoms with Crippen molar-refractivity contribution in [2.75, 3.05) is 13.1 Å². The zero-order valence-electron chi connectivity index (χ0n) is 24.0. The van der Waals surface area contributed by atoms with Crippen LogP contribution >= 0.6 is 0 Å². The summed E-state index contributed by atoms with van der Waals surface area (Å²) in [5.41, 5.74) is 1.36. The topological polar surface area (TPSA) is 88.2 Å². The number of carbonyl (C=O) groups excluding carboxylic acids is 3. The average Bonchev–Trinajstić information content (AvgIpc) is 3.19. The maximum Gasteiger partial charge on any atom is 0.255 e. The fraction of sp³-hybridized carbons (Fsp3) is 0.444. The van der Waals surface area contributed by atoms with Gasteiger partial charge in [0.05, 0.1) is 18.8 Å². The number of piperidine rings is 1. The summed E-state index contributed by atoms with van der Waals surface area (Å²) in [6.45, 7) is 5.39. The van der Waals surface area contributed by atoms with E-state index in [-0.39, 0.29) is 36.7 Å². The van der Waals surface area contributed by atoms with Gasteiger partial charge in [0.1, 0.15) is 24.2 Å². The molecule has 3 aliphatic rings. The zero-order chi connectivity index (χ0) is 29.0. The van der Waals surface area contributed by atoms with Gasteiger partial charge >= 0.3 is 0 Å². The minimum atomic E-state index is -3.04. The van der Waals surface area contributed by atoms with E-state index in [2.05, 4.69) is 4.90 Å².